The fourth-order valence-electron chi connectivity index (χ4n) is 1.09. The quantitative estimate of drug-likeness (QED) is 0.816. The summed E-state index contributed by atoms with van der Waals surface area (Å²) in [5, 5.41) is -0.0497. The lowest BCUT2D eigenvalue weighted by molar-refractivity contribution is 0.404. The van der Waals surface area contributed by atoms with Gasteiger partial charge < -0.3 is 10.5 Å². The van der Waals surface area contributed by atoms with E-state index in [-0.39, 0.29) is 5.25 Å². The molecule has 78 valence electrons. The van der Waals surface area contributed by atoms with E-state index in [2.05, 4.69) is 0 Å². The molecule has 0 saturated carbocycles. The first-order valence-corrected chi connectivity index (χ1v) is 5.65. The molecule has 0 spiro atoms. The van der Waals surface area contributed by atoms with Crippen molar-refractivity contribution in [1.82, 2.24) is 0 Å². The third kappa shape index (κ3) is 2.33. The van der Waals surface area contributed by atoms with Crippen LogP contribution in [0, 0.1) is 0 Å². The molecule has 0 heterocycles. The van der Waals surface area contributed by atoms with Gasteiger partial charge in [-0.3, -0.25) is 4.21 Å². The summed E-state index contributed by atoms with van der Waals surface area (Å²) >= 11 is 0. The van der Waals surface area contributed by atoms with E-state index in [1.165, 1.54) is 0 Å². The van der Waals surface area contributed by atoms with Gasteiger partial charge in [0.15, 0.2) is 0 Å². The van der Waals surface area contributed by atoms with Crippen molar-refractivity contribution in [3.63, 3.8) is 0 Å². The Kier molecular flexibility index (Phi) is 4.10. The van der Waals surface area contributed by atoms with Crippen molar-refractivity contribution in [3.05, 3.63) is 24.3 Å². The molecule has 3 nitrogen and oxygen atoms in total. The van der Waals surface area contributed by atoms with Crippen LogP contribution in [0.3, 0.4) is 0 Å². The lowest BCUT2D eigenvalue weighted by atomic mass is 10.3. The zero-order valence-electron chi connectivity index (χ0n) is 8.40. The number of hydrogen-bond acceptors (Lipinski definition) is 3. The van der Waals surface area contributed by atoms with Crippen LogP contribution in [0.25, 0.3) is 0 Å². The average molecular weight is 213 g/mol. The van der Waals surface area contributed by atoms with Crippen LogP contribution in [0.5, 0.6) is 5.75 Å². The number of rotatable bonds is 4. The molecule has 0 bridgehead atoms. The number of methoxy groups -OCH3 is 1. The molecule has 1 rings (SSSR count). The van der Waals surface area contributed by atoms with Crippen molar-refractivity contribution in [1.29, 1.82) is 0 Å². The minimum atomic E-state index is -1.09. The minimum Gasteiger partial charge on any atom is -0.495 e. The van der Waals surface area contributed by atoms with Crippen LogP contribution in [-0.4, -0.2) is 23.1 Å². The van der Waals surface area contributed by atoms with Gasteiger partial charge in [0.25, 0.3) is 0 Å². The van der Waals surface area contributed by atoms with Crippen molar-refractivity contribution in [2.75, 3.05) is 13.7 Å². The number of benzene rings is 1. The summed E-state index contributed by atoms with van der Waals surface area (Å²) in [7, 11) is 0.483. The predicted molar refractivity (Wildman–Crippen MR) is 57.9 cm³/mol. The summed E-state index contributed by atoms with van der Waals surface area (Å²) in [6.07, 6.45) is 0. The lowest BCUT2D eigenvalue weighted by Gasteiger charge is -2.11. The maximum Gasteiger partial charge on any atom is 0.134 e. The summed E-state index contributed by atoms with van der Waals surface area (Å²) in [4.78, 5) is 0.716. The largest absolute Gasteiger partial charge is 0.495 e. The number of nitrogens with two attached hydrogens (primary N) is 1. The summed E-state index contributed by atoms with van der Waals surface area (Å²) in [5.41, 5.74) is 5.47. The highest BCUT2D eigenvalue weighted by Crippen LogP contribution is 2.22. The van der Waals surface area contributed by atoms with E-state index < -0.39 is 10.8 Å². The third-order valence-electron chi connectivity index (χ3n) is 1.98. The molecular weight excluding hydrogens is 198 g/mol. The molecule has 1 aromatic rings. The Morgan fingerprint density at radius 2 is 2.14 bits per heavy atom. The van der Waals surface area contributed by atoms with E-state index in [4.69, 9.17) is 10.5 Å². The Labute approximate surface area is 86.7 Å². The second kappa shape index (κ2) is 5.12. The molecule has 2 atom stereocenters. The van der Waals surface area contributed by atoms with Crippen LogP contribution in [-0.2, 0) is 10.8 Å². The van der Waals surface area contributed by atoms with Gasteiger partial charge in [-0.2, -0.15) is 0 Å². The van der Waals surface area contributed by atoms with Crippen LogP contribution in [0.4, 0.5) is 0 Å². The van der Waals surface area contributed by atoms with E-state index in [0.29, 0.717) is 17.2 Å². The molecule has 1 aromatic carbocycles. The summed E-state index contributed by atoms with van der Waals surface area (Å²) in [6, 6.07) is 7.31. The monoisotopic (exact) mass is 213 g/mol. The summed E-state index contributed by atoms with van der Waals surface area (Å²) in [6.45, 7) is 2.27. The van der Waals surface area contributed by atoms with Gasteiger partial charge >= 0.3 is 0 Å². The first-order valence-electron chi connectivity index (χ1n) is 4.44. The zero-order valence-corrected chi connectivity index (χ0v) is 9.21. The standard InChI is InChI=1S/C10H15NO2S/c1-8(7-11)14(12)10-6-4-3-5-9(10)13-2/h3-6,8H,7,11H2,1-2H3. The maximum atomic E-state index is 11.9. The lowest BCUT2D eigenvalue weighted by Crippen LogP contribution is -2.22. The first kappa shape index (κ1) is 11.2. The zero-order chi connectivity index (χ0) is 10.6. The predicted octanol–water partition coefficient (Wildman–Crippen LogP) is 1.15. The van der Waals surface area contributed by atoms with Gasteiger partial charge in [0.1, 0.15) is 5.75 Å². The number of ether oxygens (including phenoxy) is 1. The summed E-state index contributed by atoms with van der Waals surface area (Å²) in [5.74, 6) is 0.658. The molecule has 2 N–H and O–H groups in total. The van der Waals surface area contributed by atoms with Crippen molar-refractivity contribution in [2.45, 2.75) is 17.1 Å². The Morgan fingerprint density at radius 1 is 1.50 bits per heavy atom. The SMILES string of the molecule is COc1ccccc1S(=O)C(C)CN. The highest BCUT2D eigenvalue weighted by atomic mass is 32.2. The molecule has 0 aliphatic rings. The van der Waals surface area contributed by atoms with Gasteiger partial charge in [0, 0.05) is 11.8 Å². The van der Waals surface area contributed by atoms with Crippen molar-refractivity contribution >= 4 is 10.8 Å². The van der Waals surface area contributed by atoms with Gasteiger partial charge in [-0.05, 0) is 19.1 Å². The van der Waals surface area contributed by atoms with E-state index in [1.54, 1.807) is 19.2 Å². The van der Waals surface area contributed by atoms with Crippen molar-refractivity contribution < 1.29 is 8.95 Å². The van der Waals surface area contributed by atoms with Gasteiger partial charge in [-0.25, -0.2) is 0 Å². The fourth-order valence-corrected chi connectivity index (χ4v) is 2.26. The minimum absolute atomic E-state index is 0.0497. The Morgan fingerprint density at radius 3 is 2.71 bits per heavy atom. The fraction of sp³-hybridized carbons (Fsp3) is 0.400. The van der Waals surface area contributed by atoms with Crippen molar-refractivity contribution in [3.8, 4) is 5.75 Å². The molecule has 0 fully saturated rings. The third-order valence-corrected chi connectivity index (χ3v) is 3.68. The molecule has 4 heteroatoms. The van der Waals surface area contributed by atoms with Crippen molar-refractivity contribution in [2.24, 2.45) is 5.73 Å². The van der Waals surface area contributed by atoms with Gasteiger partial charge in [0.05, 0.1) is 22.8 Å². The van der Waals surface area contributed by atoms with Crippen LogP contribution in [0.1, 0.15) is 6.92 Å². The molecule has 0 amide bonds. The molecule has 14 heavy (non-hydrogen) atoms. The topological polar surface area (TPSA) is 52.3 Å². The Balaban J connectivity index is 3.00. The second-order valence-electron chi connectivity index (χ2n) is 2.99. The van der Waals surface area contributed by atoms with Crippen LogP contribution >= 0.6 is 0 Å². The van der Waals surface area contributed by atoms with E-state index in [1.807, 2.05) is 19.1 Å². The van der Waals surface area contributed by atoms with Gasteiger partial charge in [0.2, 0.25) is 0 Å². The highest BCUT2D eigenvalue weighted by molar-refractivity contribution is 7.85. The van der Waals surface area contributed by atoms with Crippen LogP contribution in [0.2, 0.25) is 0 Å². The van der Waals surface area contributed by atoms with E-state index in [9.17, 15) is 4.21 Å². The van der Waals surface area contributed by atoms with Gasteiger partial charge in [-0.1, -0.05) is 12.1 Å². The molecule has 2 unspecified atom stereocenters. The maximum absolute atomic E-state index is 11.9. The van der Waals surface area contributed by atoms with E-state index in [0.717, 1.165) is 0 Å². The first-order chi connectivity index (χ1) is 6.70. The molecular formula is C10H15NO2S. The highest BCUT2D eigenvalue weighted by Gasteiger charge is 2.15. The summed E-state index contributed by atoms with van der Waals surface area (Å²) < 4.78 is 17.0. The average Bonchev–Trinajstić information content (AvgIpc) is 2.26. The van der Waals surface area contributed by atoms with Crippen LogP contribution < -0.4 is 10.5 Å². The van der Waals surface area contributed by atoms with Crippen LogP contribution in [0.15, 0.2) is 29.2 Å². The number of hydrogen-bond donors (Lipinski definition) is 1. The molecule has 0 saturated heterocycles. The second-order valence-corrected chi connectivity index (χ2v) is 4.83. The normalized spacial score (nSPS) is 14.8. The Bertz CT molecular complexity index is 328. The molecule has 0 aromatic heterocycles. The smallest absolute Gasteiger partial charge is 0.134 e. The molecule has 0 aliphatic carbocycles. The van der Waals surface area contributed by atoms with Gasteiger partial charge in [-0.15, -0.1) is 0 Å². The number of para-hydroxylation sites is 1. The molecule has 0 aliphatic heterocycles. The molecule has 0 radical (unpaired) electrons. The van der Waals surface area contributed by atoms with E-state index >= 15 is 0 Å². The Hall–Kier alpha value is -0.870.